The Kier molecular flexibility index (Phi) is 4.58. The van der Waals surface area contributed by atoms with Crippen LogP contribution in [0.1, 0.15) is 22.8 Å². The Balaban J connectivity index is 2.72. The van der Waals surface area contributed by atoms with Crippen LogP contribution in [0.3, 0.4) is 0 Å². The van der Waals surface area contributed by atoms with Crippen molar-refractivity contribution in [3.05, 3.63) is 29.3 Å². The molecule has 0 bridgehead atoms. The molecule has 0 saturated heterocycles. The number of hydrogen-bond acceptors (Lipinski definition) is 2. The van der Waals surface area contributed by atoms with Crippen molar-refractivity contribution in [3.8, 4) is 0 Å². The van der Waals surface area contributed by atoms with Gasteiger partial charge in [-0.05, 0) is 37.6 Å². The van der Waals surface area contributed by atoms with Gasteiger partial charge in [-0.15, -0.1) is 0 Å². The molecule has 0 aliphatic carbocycles. The molecule has 0 spiro atoms. The van der Waals surface area contributed by atoms with E-state index in [2.05, 4.69) is 5.32 Å². The third kappa shape index (κ3) is 4.27. The van der Waals surface area contributed by atoms with Gasteiger partial charge in [0, 0.05) is 17.8 Å². The first kappa shape index (κ1) is 14.3. The number of rotatable bonds is 4. The van der Waals surface area contributed by atoms with Crippen LogP contribution in [-0.4, -0.2) is 25.2 Å². The van der Waals surface area contributed by atoms with Crippen molar-refractivity contribution in [2.45, 2.75) is 20.0 Å². The summed E-state index contributed by atoms with van der Waals surface area (Å²) in [5, 5.41) is 4.92. The number of benzene rings is 1. The largest absolute Gasteiger partial charge is 0.405 e. The zero-order valence-electron chi connectivity index (χ0n) is 10.2. The van der Waals surface area contributed by atoms with E-state index in [1.807, 2.05) is 12.2 Å². The van der Waals surface area contributed by atoms with E-state index in [0.29, 0.717) is 0 Å². The van der Waals surface area contributed by atoms with Crippen LogP contribution in [0.15, 0.2) is 18.2 Å². The molecule has 0 fully saturated rings. The Labute approximate surface area is 103 Å². The van der Waals surface area contributed by atoms with Crippen molar-refractivity contribution >= 4 is 11.6 Å². The van der Waals surface area contributed by atoms with Crippen LogP contribution in [0.4, 0.5) is 18.9 Å². The number of amides is 1. The van der Waals surface area contributed by atoms with Gasteiger partial charge >= 0.3 is 6.18 Å². The lowest BCUT2D eigenvalue weighted by Crippen LogP contribution is -2.33. The Morgan fingerprint density at radius 2 is 2.00 bits per heavy atom. The highest BCUT2D eigenvalue weighted by Gasteiger charge is 2.27. The first-order valence-electron chi connectivity index (χ1n) is 5.53. The Morgan fingerprint density at radius 3 is 2.50 bits per heavy atom. The van der Waals surface area contributed by atoms with Gasteiger partial charge in [-0.25, -0.2) is 0 Å². The topological polar surface area (TPSA) is 41.1 Å². The van der Waals surface area contributed by atoms with Gasteiger partial charge in [-0.3, -0.25) is 4.79 Å². The minimum absolute atomic E-state index is 0.221. The molecule has 0 saturated carbocycles. The molecule has 0 heterocycles. The maximum absolute atomic E-state index is 12.0. The highest BCUT2D eigenvalue weighted by molar-refractivity contribution is 5.94. The maximum atomic E-state index is 12.0. The number of carbonyl (C=O) groups excluding carboxylic acids is 1. The maximum Gasteiger partial charge on any atom is 0.405 e. The summed E-state index contributed by atoms with van der Waals surface area (Å²) in [5.41, 5.74) is 1.90. The van der Waals surface area contributed by atoms with Gasteiger partial charge < -0.3 is 10.6 Å². The Morgan fingerprint density at radius 1 is 1.33 bits per heavy atom. The minimum atomic E-state index is -4.39. The summed E-state index contributed by atoms with van der Waals surface area (Å²) < 4.78 is 35.9. The predicted molar refractivity (Wildman–Crippen MR) is 63.7 cm³/mol. The second-order valence-corrected chi connectivity index (χ2v) is 3.86. The first-order chi connectivity index (χ1) is 8.33. The zero-order chi connectivity index (χ0) is 13.8. The van der Waals surface area contributed by atoms with E-state index >= 15 is 0 Å². The highest BCUT2D eigenvalue weighted by atomic mass is 19.4. The summed E-state index contributed by atoms with van der Waals surface area (Å²) in [4.78, 5) is 11.5. The number of nitrogens with one attached hydrogen (secondary N) is 2. The van der Waals surface area contributed by atoms with E-state index in [1.165, 1.54) is 6.07 Å². The molecular formula is C12H15F3N2O. The van der Waals surface area contributed by atoms with Gasteiger partial charge in [0.2, 0.25) is 0 Å². The van der Waals surface area contributed by atoms with Crippen LogP contribution in [0.2, 0.25) is 0 Å². The monoisotopic (exact) mass is 260 g/mol. The van der Waals surface area contributed by atoms with Gasteiger partial charge in [-0.1, -0.05) is 0 Å². The normalized spacial score (nSPS) is 11.2. The first-order valence-corrected chi connectivity index (χ1v) is 5.53. The molecule has 0 radical (unpaired) electrons. The molecule has 0 aliphatic rings. The summed E-state index contributed by atoms with van der Waals surface area (Å²) in [6.45, 7) is 3.14. The third-order valence-corrected chi connectivity index (χ3v) is 2.31. The molecular weight excluding hydrogens is 245 g/mol. The molecule has 1 aromatic carbocycles. The number of anilines is 1. The fourth-order valence-corrected chi connectivity index (χ4v) is 1.48. The number of hydrogen-bond donors (Lipinski definition) is 2. The van der Waals surface area contributed by atoms with Gasteiger partial charge in [0.1, 0.15) is 6.54 Å². The molecule has 18 heavy (non-hydrogen) atoms. The van der Waals surface area contributed by atoms with Crippen LogP contribution >= 0.6 is 0 Å². The second kappa shape index (κ2) is 5.75. The van der Waals surface area contributed by atoms with Crippen molar-refractivity contribution in [3.63, 3.8) is 0 Å². The van der Waals surface area contributed by atoms with Crippen LogP contribution in [-0.2, 0) is 0 Å². The molecule has 0 atom stereocenters. The molecule has 3 nitrogen and oxygen atoms in total. The van der Waals surface area contributed by atoms with E-state index in [0.717, 1.165) is 17.8 Å². The average Bonchev–Trinajstić information content (AvgIpc) is 2.28. The summed E-state index contributed by atoms with van der Waals surface area (Å²) in [6, 6.07) is 4.74. The SMILES string of the molecule is CCNc1ccc(C(=O)NCC(F)(F)F)cc1C. The zero-order valence-corrected chi connectivity index (χ0v) is 10.2. The lowest BCUT2D eigenvalue weighted by Gasteiger charge is -2.11. The van der Waals surface area contributed by atoms with E-state index in [1.54, 1.807) is 19.1 Å². The summed E-state index contributed by atoms with van der Waals surface area (Å²) in [7, 11) is 0. The van der Waals surface area contributed by atoms with Gasteiger partial charge in [0.25, 0.3) is 5.91 Å². The second-order valence-electron chi connectivity index (χ2n) is 3.86. The van der Waals surface area contributed by atoms with Crippen LogP contribution in [0.25, 0.3) is 0 Å². The number of halogens is 3. The lowest BCUT2D eigenvalue weighted by atomic mass is 10.1. The van der Waals surface area contributed by atoms with E-state index in [9.17, 15) is 18.0 Å². The fraction of sp³-hybridized carbons (Fsp3) is 0.417. The van der Waals surface area contributed by atoms with E-state index in [-0.39, 0.29) is 5.56 Å². The van der Waals surface area contributed by atoms with Crippen molar-refractivity contribution < 1.29 is 18.0 Å². The summed E-state index contributed by atoms with van der Waals surface area (Å²) in [5.74, 6) is -0.724. The quantitative estimate of drug-likeness (QED) is 0.874. The van der Waals surface area contributed by atoms with Gasteiger partial charge in [-0.2, -0.15) is 13.2 Å². The Hall–Kier alpha value is -1.72. The van der Waals surface area contributed by atoms with E-state index < -0.39 is 18.6 Å². The molecule has 1 rings (SSSR count). The molecule has 0 aliphatic heterocycles. The molecule has 1 amide bonds. The number of carbonyl (C=O) groups is 1. The highest BCUT2D eigenvalue weighted by Crippen LogP contribution is 2.17. The third-order valence-electron chi connectivity index (χ3n) is 2.31. The van der Waals surface area contributed by atoms with E-state index in [4.69, 9.17) is 0 Å². The van der Waals surface area contributed by atoms with Crippen molar-refractivity contribution in [1.82, 2.24) is 5.32 Å². The van der Waals surface area contributed by atoms with Crippen molar-refractivity contribution in [2.24, 2.45) is 0 Å². The average molecular weight is 260 g/mol. The number of alkyl halides is 3. The Bertz CT molecular complexity index is 430. The molecule has 0 aromatic heterocycles. The minimum Gasteiger partial charge on any atom is -0.385 e. The van der Waals surface area contributed by atoms with Crippen LogP contribution in [0, 0.1) is 6.92 Å². The molecule has 0 unspecified atom stereocenters. The molecule has 2 N–H and O–H groups in total. The van der Waals surface area contributed by atoms with Gasteiger partial charge in [0.15, 0.2) is 0 Å². The van der Waals surface area contributed by atoms with Crippen LogP contribution in [0.5, 0.6) is 0 Å². The molecule has 100 valence electrons. The van der Waals surface area contributed by atoms with Gasteiger partial charge in [0.05, 0.1) is 0 Å². The summed E-state index contributed by atoms with van der Waals surface area (Å²) >= 11 is 0. The van der Waals surface area contributed by atoms with Crippen molar-refractivity contribution in [1.29, 1.82) is 0 Å². The smallest absolute Gasteiger partial charge is 0.385 e. The number of aryl methyl sites for hydroxylation is 1. The van der Waals surface area contributed by atoms with Crippen molar-refractivity contribution in [2.75, 3.05) is 18.4 Å². The standard InChI is InChI=1S/C12H15F3N2O/c1-3-16-10-5-4-9(6-8(10)2)11(18)17-7-12(13,14)15/h4-6,16H,3,7H2,1-2H3,(H,17,18). The predicted octanol–water partition coefficient (Wildman–Crippen LogP) is 2.72. The van der Waals surface area contributed by atoms with Crippen LogP contribution < -0.4 is 10.6 Å². The summed E-state index contributed by atoms with van der Waals surface area (Å²) in [6.07, 6.45) is -4.39. The fourth-order valence-electron chi connectivity index (χ4n) is 1.48. The molecule has 6 heteroatoms. The molecule has 1 aromatic rings. The lowest BCUT2D eigenvalue weighted by molar-refractivity contribution is -0.123.